The molecule has 2 unspecified atom stereocenters. The number of piperazine rings is 1. The fourth-order valence-corrected chi connectivity index (χ4v) is 2.37. The van der Waals surface area contributed by atoms with Crippen LogP contribution in [0.5, 0.6) is 0 Å². The lowest BCUT2D eigenvalue weighted by Gasteiger charge is -2.38. The van der Waals surface area contributed by atoms with Gasteiger partial charge in [0.15, 0.2) is 0 Å². The second kappa shape index (κ2) is 8.03. The summed E-state index contributed by atoms with van der Waals surface area (Å²) in [5.74, 6) is 0.618. The third-order valence-corrected chi connectivity index (χ3v) is 3.74. The van der Waals surface area contributed by atoms with Crippen LogP contribution in [-0.2, 0) is 4.74 Å². The van der Waals surface area contributed by atoms with E-state index >= 15 is 0 Å². The van der Waals surface area contributed by atoms with Crippen LogP contribution in [0.2, 0.25) is 0 Å². The minimum Gasteiger partial charge on any atom is -0.385 e. The van der Waals surface area contributed by atoms with Crippen LogP contribution >= 0.6 is 0 Å². The summed E-state index contributed by atoms with van der Waals surface area (Å²) in [6.07, 6.45) is 1.13. The Morgan fingerprint density at radius 1 is 1.18 bits per heavy atom. The maximum Gasteiger partial charge on any atom is 0.0477 e. The third-order valence-electron chi connectivity index (χ3n) is 3.74. The standard InChI is InChI=1S/C13H29N3O/c1-12(10-14)11-15-5-7-16(8-6-15)13(2)4-9-17-3/h12-13H,4-11,14H2,1-3H3. The molecular weight excluding hydrogens is 214 g/mol. The summed E-state index contributed by atoms with van der Waals surface area (Å²) < 4.78 is 5.14. The zero-order chi connectivity index (χ0) is 12.7. The highest BCUT2D eigenvalue weighted by Gasteiger charge is 2.21. The molecule has 0 spiro atoms. The maximum atomic E-state index is 5.67. The molecule has 1 aliphatic heterocycles. The summed E-state index contributed by atoms with van der Waals surface area (Å²) in [4.78, 5) is 5.11. The van der Waals surface area contributed by atoms with Crippen molar-refractivity contribution in [2.45, 2.75) is 26.3 Å². The van der Waals surface area contributed by atoms with Crippen LogP contribution < -0.4 is 5.73 Å². The predicted octanol–water partition coefficient (Wildman–Crippen LogP) is 0.624. The Labute approximate surface area is 106 Å². The Hall–Kier alpha value is -0.160. The molecule has 0 radical (unpaired) electrons. The molecule has 0 amide bonds. The van der Waals surface area contributed by atoms with Crippen LogP contribution in [0.15, 0.2) is 0 Å². The van der Waals surface area contributed by atoms with Gasteiger partial charge in [-0.25, -0.2) is 0 Å². The largest absolute Gasteiger partial charge is 0.385 e. The van der Waals surface area contributed by atoms with Crippen LogP contribution in [0.3, 0.4) is 0 Å². The average Bonchev–Trinajstić information content (AvgIpc) is 2.36. The summed E-state index contributed by atoms with van der Waals surface area (Å²) in [7, 11) is 1.78. The highest BCUT2D eigenvalue weighted by atomic mass is 16.5. The fraction of sp³-hybridized carbons (Fsp3) is 1.00. The number of methoxy groups -OCH3 is 1. The summed E-state index contributed by atoms with van der Waals surface area (Å²) in [6, 6.07) is 0.643. The summed E-state index contributed by atoms with van der Waals surface area (Å²) in [5.41, 5.74) is 5.67. The molecule has 1 aliphatic rings. The van der Waals surface area contributed by atoms with Crippen molar-refractivity contribution in [3.8, 4) is 0 Å². The smallest absolute Gasteiger partial charge is 0.0477 e. The first-order chi connectivity index (χ1) is 8.17. The zero-order valence-electron chi connectivity index (χ0n) is 11.7. The van der Waals surface area contributed by atoms with Crippen molar-refractivity contribution in [3.63, 3.8) is 0 Å². The topological polar surface area (TPSA) is 41.7 Å². The minimum atomic E-state index is 0.618. The van der Waals surface area contributed by atoms with Crippen LogP contribution in [0.4, 0.5) is 0 Å². The Kier molecular flexibility index (Phi) is 7.04. The second-order valence-corrected chi connectivity index (χ2v) is 5.31. The molecular formula is C13H29N3O. The molecule has 0 bridgehead atoms. The van der Waals surface area contributed by atoms with Gasteiger partial charge in [0.25, 0.3) is 0 Å². The number of ether oxygens (including phenoxy) is 1. The molecule has 1 heterocycles. The first-order valence-electron chi connectivity index (χ1n) is 6.82. The molecule has 0 aromatic heterocycles. The maximum absolute atomic E-state index is 5.67. The van der Waals surface area contributed by atoms with E-state index in [1.54, 1.807) is 7.11 Å². The van der Waals surface area contributed by atoms with Gasteiger partial charge in [-0.15, -0.1) is 0 Å². The molecule has 1 fully saturated rings. The van der Waals surface area contributed by atoms with E-state index in [2.05, 4.69) is 23.6 Å². The molecule has 1 saturated heterocycles. The highest BCUT2D eigenvalue weighted by molar-refractivity contribution is 4.77. The number of rotatable bonds is 7. The Bertz CT molecular complexity index is 193. The van der Waals surface area contributed by atoms with E-state index in [-0.39, 0.29) is 0 Å². The SMILES string of the molecule is COCCC(C)N1CCN(CC(C)CN)CC1. The van der Waals surface area contributed by atoms with Crippen LogP contribution in [0.1, 0.15) is 20.3 Å². The van der Waals surface area contributed by atoms with E-state index in [9.17, 15) is 0 Å². The van der Waals surface area contributed by atoms with Gasteiger partial charge < -0.3 is 15.4 Å². The Morgan fingerprint density at radius 3 is 2.35 bits per heavy atom. The van der Waals surface area contributed by atoms with Crippen LogP contribution in [0.25, 0.3) is 0 Å². The predicted molar refractivity (Wildman–Crippen MR) is 72.2 cm³/mol. The number of nitrogens with two attached hydrogens (primary N) is 1. The van der Waals surface area contributed by atoms with Crippen molar-refractivity contribution >= 4 is 0 Å². The summed E-state index contributed by atoms with van der Waals surface area (Å²) in [5, 5.41) is 0. The van der Waals surface area contributed by atoms with Gasteiger partial charge >= 0.3 is 0 Å². The molecule has 0 aromatic carbocycles. The number of hydrogen-bond donors (Lipinski definition) is 1. The van der Waals surface area contributed by atoms with Gasteiger partial charge in [0, 0.05) is 52.5 Å². The monoisotopic (exact) mass is 243 g/mol. The Balaban J connectivity index is 2.20. The van der Waals surface area contributed by atoms with Gasteiger partial charge in [-0.1, -0.05) is 6.92 Å². The summed E-state index contributed by atoms with van der Waals surface area (Å²) in [6.45, 7) is 12.1. The van der Waals surface area contributed by atoms with Crippen molar-refractivity contribution in [3.05, 3.63) is 0 Å². The van der Waals surface area contributed by atoms with Crippen molar-refractivity contribution in [2.24, 2.45) is 11.7 Å². The van der Waals surface area contributed by atoms with E-state index in [0.29, 0.717) is 12.0 Å². The lowest BCUT2D eigenvalue weighted by molar-refractivity contribution is 0.0769. The van der Waals surface area contributed by atoms with E-state index in [4.69, 9.17) is 10.5 Å². The van der Waals surface area contributed by atoms with Gasteiger partial charge in [0.2, 0.25) is 0 Å². The quantitative estimate of drug-likeness (QED) is 0.712. The molecule has 4 nitrogen and oxygen atoms in total. The lowest BCUT2D eigenvalue weighted by atomic mass is 10.1. The molecule has 0 aromatic rings. The first-order valence-corrected chi connectivity index (χ1v) is 6.82. The molecule has 102 valence electrons. The minimum absolute atomic E-state index is 0.618. The van der Waals surface area contributed by atoms with E-state index in [1.165, 1.54) is 26.2 Å². The lowest BCUT2D eigenvalue weighted by Crippen LogP contribution is -2.50. The van der Waals surface area contributed by atoms with E-state index in [1.807, 2.05) is 0 Å². The molecule has 2 atom stereocenters. The first kappa shape index (κ1) is 14.9. The van der Waals surface area contributed by atoms with Crippen molar-refractivity contribution in [1.82, 2.24) is 9.80 Å². The highest BCUT2D eigenvalue weighted by Crippen LogP contribution is 2.10. The van der Waals surface area contributed by atoms with Crippen LogP contribution in [-0.4, -0.2) is 68.8 Å². The van der Waals surface area contributed by atoms with Gasteiger partial charge in [0.05, 0.1) is 0 Å². The molecule has 1 rings (SSSR count). The summed E-state index contributed by atoms with van der Waals surface area (Å²) >= 11 is 0. The van der Waals surface area contributed by atoms with Gasteiger partial charge in [0.1, 0.15) is 0 Å². The number of nitrogens with zero attached hydrogens (tertiary/aromatic N) is 2. The second-order valence-electron chi connectivity index (χ2n) is 5.31. The van der Waals surface area contributed by atoms with Gasteiger partial charge in [-0.05, 0) is 25.8 Å². The normalized spacial score (nSPS) is 22.6. The molecule has 4 heteroatoms. The molecule has 0 aliphatic carbocycles. The van der Waals surface area contributed by atoms with Gasteiger partial charge in [-0.3, -0.25) is 4.90 Å². The number of hydrogen-bond acceptors (Lipinski definition) is 4. The van der Waals surface area contributed by atoms with Crippen molar-refractivity contribution < 1.29 is 4.74 Å². The van der Waals surface area contributed by atoms with E-state index < -0.39 is 0 Å². The van der Waals surface area contributed by atoms with Crippen molar-refractivity contribution in [1.29, 1.82) is 0 Å². The molecule has 17 heavy (non-hydrogen) atoms. The molecule has 2 N–H and O–H groups in total. The third kappa shape index (κ3) is 5.34. The Morgan fingerprint density at radius 2 is 1.82 bits per heavy atom. The van der Waals surface area contributed by atoms with Crippen molar-refractivity contribution in [2.75, 3.05) is 53.0 Å². The average molecular weight is 243 g/mol. The zero-order valence-corrected chi connectivity index (χ0v) is 11.7. The molecule has 0 saturated carbocycles. The van der Waals surface area contributed by atoms with E-state index in [0.717, 1.165) is 26.1 Å². The van der Waals surface area contributed by atoms with Gasteiger partial charge in [-0.2, -0.15) is 0 Å². The fourth-order valence-electron chi connectivity index (χ4n) is 2.37. The van der Waals surface area contributed by atoms with Crippen LogP contribution in [0, 0.1) is 5.92 Å².